The molecule has 3 rings (SSSR count). The molecule has 0 radical (unpaired) electrons. The summed E-state index contributed by atoms with van der Waals surface area (Å²) in [5.41, 5.74) is 3.11. The van der Waals surface area contributed by atoms with Crippen LogP contribution in [0.4, 0.5) is 0 Å². The van der Waals surface area contributed by atoms with Crippen molar-refractivity contribution in [2.45, 2.75) is 32.1 Å². The molecule has 2 aromatic heterocycles. The molecule has 0 saturated carbocycles. The number of nitrogens with zero attached hydrogens (tertiary/aromatic N) is 3. The van der Waals surface area contributed by atoms with E-state index < -0.39 is 7.12 Å². The maximum Gasteiger partial charge on any atom is 0.451 e. The second-order valence-electron chi connectivity index (χ2n) is 5.65. The van der Waals surface area contributed by atoms with E-state index in [0.29, 0.717) is 6.32 Å². The second kappa shape index (κ2) is 7.39. The Kier molecular flexibility index (Phi) is 5.05. The number of fused-ring (bicyclic) bond motifs is 1. The van der Waals surface area contributed by atoms with Crippen molar-refractivity contribution in [3.8, 4) is 11.4 Å². The quantitative estimate of drug-likeness (QED) is 0.520. The number of aryl methyl sites for hydroxylation is 1. The van der Waals surface area contributed by atoms with Crippen LogP contribution in [-0.2, 0) is 6.54 Å². The molecule has 1 aromatic carbocycles. The molecule has 0 atom stereocenters. The normalized spacial score (nSPS) is 11.0. The maximum absolute atomic E-state index is 8.90. The van der Waals surface area contributed by atoms with Crippen LogP contribution >= 0.6 is 0 Å². The van der Waals surface area contributed by atoms with Crippen molar-refractivity contribution >= 4 is 18.2 Å². The summed E-state index contributed by atoms with van der Waals surface area (Å²) in [5, 5.41) is 17.8. The molecule has 23 heavy (non-hydrogen) atoms. The highest BCUT2D eigenvalue weighted by atomic mass is 16.4. The fourth-order valence-corrected chi connectivity index (χ4v) is 2.79. The highest BCUT2D eigenvalue weighted by Crippen LogP contribution is 2.24. The van der Waals surface area contributed by atoms with E-state index in [1.807, 2.05) is 36.5 Å². The van der Waals surface area contributed by atoms with Crippen LogP contribution in [0.1, 0.15) is 19.3 Å². The number of aromatic nitrogens is 3. The first-order valence-electron chi connectivity index (χ1n) is 7.97. The highest BCUT2D eigenvalue weighted by molar-refractivity contribution is 6.40. The third-order valence-electron chi connectivity index (χ3n) is 3.92. The molecule has 3 aromatic rings. The van der Waals surface area contributed by atoms with Gasteiger partial charge in [-0.15, -0.1) is 0 Å². The van der Waals surface area contributed by atoms with Crippen molar-refractivity contribution in [2.24, 2.45) is 0 Å². The van der Waals surface area contributed by atoms with Crippen molar-refractivity contribution in [1.82, 2.24) is 14.5 Å². The van der Waals surface area contributed by atoms with Crippen LogP contribution in [0.3, 0.4) is 0 Å². The first-order valence-corrected chi connectivity index (χ1v) is 7.97. The molecular formula is C17H20BN3O2. The molecular weight excluding hydrogens is 289 g/mol. The number of rotatable bonds is 7. The van der Waals surface area contributed by atoms with Crippen LogP contribution in [0.15, 0.2) is 48.8 Å². The van der Waals surface area contributed by atoms with Crippen LogP contribution in [0.2, 0.25) is 6.32 Å². The summed E-state index contributed by atoms with van der Waals surface area (Å²) in [4.78, 5) is 8.95. The zero-order valence-corrected chi connectivity index (χ0v) is 13.0. The molecule has 2 heterocycles. The monoisotopic (exact) mass is 309 g/mol. The molecule has 6 heteroatoms. The lowest BCUT2D eigenvalue weighted by Crippen LogP contribution is -2.09. The van der Waals surface area contributed by atoms with E-state index >= 15 is 0 Å². The van der Waals surface area contributed by atoms with Crippen molar-refractivity contribution in [3.05, 3.63) is 48.8 Å². The molecule has 0 fully saturated rings. The number of hydrogen-bond acceptors (Lipinski definition) is 4. The minimum absolute atomic E-state index is 0.431. The van der Waals surface area contributed by atoms with E-state index in [1.54, 1.807) is 6.20 Å². The third kappa shape index (κ3) is 3.78. The van der Waals surface area contributed by atoms with Gasteiger partial charge in [0.25, 0.3) is 0 Å². The zero-order chi connectivity index (χ0) is 16.1. The smallest absolute Gasteiger partial charge is 0.427 e. The summed E-state index contributed by atoms with van der Waals surface area (Å²) in [6.45, 7) is 0.853. The third-order valence-corrected chi connectivity index (χ3v) is 3.92. The lowest BCUT2D eigenvalue weighted by molar-refractivity contribution is 0.401. The Bertz CT molecular complexity index is 759. The number of para-hydroxylation sites is 2. The van der Waals surface area contributed by atoms with Gasteiger partial charge in [0.15, 0.2) is 0 Å². The van der Waals surface area contributed by atoms with Gasteiger partial charge in [-0.2, -0.15) is 0 Å². The fraction of sp³-hybridized carbons (Fsp3) is 0.294. The summed E-state index contributed by atoms with van der Waals surface area (Å²) in [6, 6.07) is 12.1. The molecule has 5 nitrogen and oxygen atoms in total. The predicted molar refractivity (Wildman–Crippen MR) is 91.8 cm³/mol. The fourth-order valence-electron chi connectivity index (χ4n) is 2.79. The van der Waals surface area contributed by atoms with E-state index in [1.165, 1.54) is 0 Å². The molecule has 0 amide bonds. The molecule has 0 unspecified atom stereocenters. The maximum atomic E-state index is 8.90. The highest BCUT2D eigenvalue weighted by Gasteiger charge is 2.12. The van der Waals surface area contributed by atoms with Crippen LogP contribution in [0.25, 0.3) is 22.4 Å². The van der Waals surface area contributed by atoms with Crippen molar-refractivity contribution in [3.63, 3.8) is 0 Å². The average Bonchev–Trinajstić information content (AvgIpc) is 2.94. The number of unbranched alkanes of at least 4 members (excludes halogenated alkanes) is 2. The molecule has 0 bridgehead atoms. The first-order chi connectivity index (χ1) is 11.3. The van der Waals surface area contributed by atoms with Crippen LogP contribution in [0.5, 0.6) is 0 Å². The Labute approximate surface area is 135 Å². The molecule has 2 N–H and O–H groups in total. The number of hydrogen-bond donors (Lipinski definition) is 2. The molecule has 0 saturated heterocycles. The summed E-state index contributed by atoms with van der Waals surface area (Å²) >= 11 is 0. The van der Waals surface area contributed by atoms with Crippen LogP contribution in [0, 0.1) is 0 Å². The van der Waals surface area contributed by atoms with Crippen molar-refractivity contribution in [2.75, 3.05) is 0 Å². The first kappa shape index (κ1) is 15.7. The lowest BCUT2D eigenvalue weighted by Gasteiger charge is -2.09. The number of imidazole rings is 1. The van der Waals surface area contributed by atoms with Gasteiger partial charge in [-0.3, -0.25) is 4.98 Å². The van der Waals surface area contributed by atoms with Gasteiger partial charge in [-0.25, -0.2) is 4.98 Å². The Hall–Kier alpha value is -2.18. The Balaban J connectivity index is 1.82. The van der Waals surface area contributed by atoms with E-state index in [2.05, 4.69) is 15.6 Å². The standard InChI is InChI=1S/C17H20BN3O2/c22-18(23)10-4-1-5-12-21-16-9-3-2-8-15(16)20-17(21)14-7-6-11-19-13-14/h2-3,6-9,11,13,22-23H,1,4-5,10,12H2. The minimum Gasteiger partial charge on any atom is -0.427 e. The summed E-state index contributed by atoms with van der Waals surface area (Å²) < 4.78 is 2.22. The van der Waals surface area contributed by atoms with Gasteiger partial charge in [-0.1, -0.05) is 25.0 Å². The topological polar surface area (TPSA) is 71.2 Å². The zero-order valence-electron chi connectivity index (χ0n) is 13.0. The van der Waals surface area contributed by atoms with Gasteiger partial charge in [0.1, 0.15) is 5.82 Å². The average molecular weight is 309 g/mol. The van der Waals surface area contributed by atoms with Gasteiger partial charge in [-0.05, 0) is 37.0 Å². The van der Waals surface area contributed by atoms with E-state index in [-0.39, 0.29) is 0 Å². The Morgan fingerprint density at radius 3 is 2.65 bits per heavy atom. The van der Waals surface area contributed by atoms with Gasteiger partial charge in [0, 0.05) is 24.5 Å². The lowest BCUT2D eigenvalue weighted by atomic mass is 9.83. The number of benzene rings is 1. The van der Waals surface area contributed by atoms with E-state index in [4.69, 9.17) is 15.0 Å². The number of pyridine rings is 1. The molecule has 118 valence electrons. The Morgan fingerprint density at radius 1 is 1.00 bits per heavy atom. The minimum atomic E-state index is -1.20. The largest absolute Gasteiger partial charge is 0.451 e. The van der Waals surface area contributed by atoms with Gasteiger partial charge in [0.05, 0.1) is 11.0 Å². The van der Waals surface area contributed by atoms with Gasteiger partial charge >= 0.3 is 7.12 Å². The van der Waals surface area contributed by atoms with Gasteiger partial charge in [0.2, 0.25) is 0 Å². The van der Waals surface area contributed by atoms with E-state index in [0.717, 1.165) is 48.2 Å². The molecule has 0 aliphatic carbocycles. The molecule has 0 spiro atoms. The van der Waals surface area contributed by atoms with Crippen LogP contribution < -0.4 is 0 Å². The van der Waals surface area contributed by atoms with Crippen molar-refractivity contribution in [1.29, 1.82) is 0 Å². The summed E-state index contributed by atoms with van der Waals surface area (Å²) in [7, 11) is -1.20. The molecule has 0 aliphatic heterocycles. The SMILES string of the molecule is OB(O)CCCCCn1c(-c2cccnc2)nc2ccccc21. The predicted octanol–water partition coefficient (Wildman–Crippen LogP) is 2.74. The summed E-state index contributed by atoms with van der Waals surface area (Å²) in [5.74, 6) is 0.932. The summed E-state index contributed by atoms with van der Waals surface area (Å²) in [6.07, 6.45) is 6.76. The van der Waals surface area contributed by atoms with E-state index in [9.17, 15) is 0 Å². The van der Waals surface area contributed by atoms with Crippen LogP contribution in [-0.4, -0.2) is 31.7 Å². The second-order valence-corrected chi connectivity index (χ2v) is 5.65. The molecule has 0 aliphatic rings. The van der Waals surface area contributed by atoms with Gasteiger partial charge < -0.3 is 14.6 Å². The van der Waals surface area contributed by atoms with Crippen molar-refractivity contribution < 1.29 is 10.0 Å². The Morgan fingerprint density at radius 2 is 1.87 bits per heavy atom.